The van der Waals surface area contributed by atoms with E-state index < -0.39 is 15.1 Å². The van der Waals surface area contributed by atoms with Crippen LogP contribution < -0.4 is 0 Å². The minimum atomic E-state index is -3.51. The number of hydrogen-bond acceptors (Lipinski definition) is 2. The van der Waals surface area contributed by atoms with Crippen LogP contribution in [0.3, 0.4) is 0 Å². The Morgan fingerprint density at radius 1 is 0.667 bits per heavy atom. The van der Waals surface area contributed by atoms with Crippen LogP contribution in [-0.2, 0) is 9.84 Å². The number of hydrogen-bond donors (Lipinski definition) is 0. The van der Waals surface area contributed by atoms with E-state index in [-0.39, 0.29) is 0 Å². The van der Waals surface area contributed by atoms with Crippen LogP contribution in [-0.4, -0.2) is 8.42 Å². The molecule has 3 heteroatoms. The second kappa shape index (κ2) is 7.28. The fourth-order valence-corrected chi connectivity index (χ4v) is 4.19. The van der Waals surface area contributed by atoms with E-state index in [9.17, 15) is 8.42 Å². The topological polar surface area (TPSA) is 34.1 Å². The smallest absolute Gasteiger partial charge is 0.188 e. The summed E-state index contributed by atoms with van der Waals surface area (Å²) in [4.78, 5) is 0.330. The van der Waals surface area contributed by atoms with E-state index in [0.29, 0.717) is 4.90 Å². The number of sulfone groups is 1. The Balaban J connectivity index is 2.05. The van der Waals surface area contributed by atoms with Gasteiger partial charge in [-0.2, -0.15) is 0 Å². The minimum Gasteiger partial charge on any atom is -0.223 e. The Labute approximate surface area is 143 Å². The molecule has 0 amide bonds. The molecule has 0 N–H and O–H groups in total. The van der Waals surface area contributed by atoms with Gasteiger partial charge in [0.2, 0.25) is 0 Å². The van der Waals surface area contributed by atoms with Crippen molar-refractivity contribution in [1.82, 2.24) is 0 Å². The fourth-order valence-electron chi connectivity index (χ4n) is 2.56. The third-order valence-corrected chi connectivity index (χ3v) is 5.82. The summed E-state index contributed by atoms with van der Waals surface area (Å²) in [5.74, 6) is 0. The Hall–Kier alpha value is -2.65. The fraction of sp³-hybridized carbons (Fsp3) is 0.0476. The molecule has 0 saturated carbocycles. The molecule has 3 aromatic rings. The van der Waals surface area contributed by atoms with Crippen LogP contribution in [0.5, 0.6) is 0 Å². The first-order chi connectivity index (χ1) is 11.7. The summed E-state index contributed by atoms with van der Waals surface area (Å²) in [6.07, 6.45) is 3.62. The highest BCUT2D eigenvalue weighted by atomic mass is 32.2. The predicted octanol–water partition coefficient (Wildman–Crippen LogP) is 4.92. The molecule has 0 aliphatic rings. The lowest BCUT2D eigenvalue weighted by atomic mass is 10.1. The molecule has 1 atom stereocenters. The van der Waals surface area contributed by atoms with Crippen LogP contribution >= 0.6 is 0 Å². The number of rotatable bonds is 5. The van der Waals surface area contributed by atoms with Crippen molar-refractivity contribution in [3.63, 3.8) is 0 Å². The van der Waals surface area contributed by atoms with Gasteiger partial charge in [-0.05, 0) is 23.3 Å². The van der Waals surface area contributed by atoms with Crippen LogP contribution in [0.4, 0.5) is 0 Å². The summed E-state index contributed by atoms with van der Waals surface area (Å²) in [6, 6.07) is 27.6. The Morgan fingerprint density at radius 3 is 1.75 bits per heavy atom. The average Bonchev–Trinajstić information content (AvgIpc) is 2.64. The molecule has 0 aliphatic heterocycles. The first-order valence-corrected chi connectivity index (χ1v) is 9.30. The van der Waals surface area contributed by atoms with Crippen LogP contribution in [0.1, 0.15) is 16.4 Å². The van der Waals surface area contributed by atoms with E-state index in [2.05, 4.69) is 0 Å². The summed E-state index contributed by atoms with van der Waals surface area (Å²) in [5, 5.41) is -0.721. The molecule has 3 rings (SSSR count). The zero-order chi connectivity index (χ0) is 16.8. The predicted molar refractivity (Wildman–Crippen MR) is 98.3 cm³/mol. The van der Waals surface area contributed by atoms with E-state index in [0.717, 1.165) is 11.1 Å². The van der Waals surface area contributed by atoms with Gasteiger partial charge < -0.3 is 0 Å². The van der Waals surface area contributed by atoms with Crippen molar-refractivity contribution in [1.29, 1.82) is 0 Å². The molecule has 0 saturated heterocycles. The van der Waals surface area contributed by atoms with Crippen LogP contribution in [0.15, 0.2) is 102 Å². The molecule has 0 aromatic heterocycles. The lowest BCUT2D eigenvalue weighted by Crippen LogP contribution is -2.11. The van der Waals surface area contributed by atoms with Gasteiger partial charge in [-0.1, -0.05) is 91.0 Å². The summed E-state index contributed by atoms with van der Waals surface area (Å²) < 4.78 is 26.2. The van der Waals surface area contributed by atoms with Crippen molar-refractivity contribution in [2.24, 2.45) is 0 Å². The van der Waals surface area contributed by atoms with Crippen molar-refractivity contribution >= 4 is 15.9 Å². The molecular formula is C21H18O2S. The average molecular weight is 334 g/mol. The molecule has 2 nitrogen and oxygen atoms in total. The first kappa shape index (κ1) is 16.2. The number of benzene rings is 3. The molecule has 0 unspecified atom stereocenters. The molecule has 0 bridgehead atoms. The molecule has 0 fully saturated rings. The quantitative estimate of drug-likeness (QED) is 0.664. The third-order valence-electron chi connectivity index (χ3n) is 3.80. The van der Waals surface area contributed by atoms with Crippen LogP contribution in [0, 0.1) is 0 Å². The van der Waals surface area contributed by atoms with Crippen LogP contribution in [0.25, 0.3) is 6.08 Å². The van der Waals surface area contributed by atoms with Gasteiger partial charge in [0.15, 0.2) is 9.84 Å². The zero-order valence-corrected chi connectivity index (χ0v) is 13.9. The summed E-state index contributed by atoms with van der Waals surface area (Å²) >= 11 is 0. The monoisotopic (exact) mass is 334 g/mol. The lowest BCUT2D eigenvalue weighted by Gasteiger charge is -2.15. The SMILES string of the molecule is O=S(=O)(c1ccccc1)[C@@H](/C=C/c1ccccc1)c1ccccc1. The Kier molecular flexibility index (Phi) is 4.92. The zero-order valence-electron chi connectivity index (χ0n) is 13.1. The molecular weight excluding hydrogens is 316 g/mol. The Morgan fingerprint density at radius 2 is 1.17 bits per heavy atom. The van der Waals surface area contributed by atoms with Crippen molar-refractivity contribution in [2.75, 3.05) is 0 Å². The van der Waals surface area contributed by atoms with E-state index >= 15 is 0 Å². The largest absolute Gasteiger partial charge is 0.223 e. The van der Waals surface area contributed by atoms with E-state index in [1.54, 1.807) is 30.3 Å². The first-order valence-electron chi connectivity index (χ1n) is 7.75. The Bertz CT molecular complexity index is 900. The molecule has 3 aromatic carbocycles. The second-order valence-electron chi connectivity index (χ2n) is 5.46. The lowest BCUT2D eigenvalue weighted by molar-refractivity contribution is 0.590. The van der Waals surface area contributed by atoms with Gasteiger partial charge in [-0.25, -0.2) is 8.42 Å². The van der Waals surface area contributed by atoms with Gasteiger partial charge in [0.05, 0.1) is 4.90 Å². The maximum absolute atomic E-state index is 13.1. The van der Waals surface area contributed by atoms with Crippen molar-refractivity contribution in [3.05, 3.63) is 108 Å². The highest BCUT2D eigenvalue weighted by Gasteiger charge is 2.26. The van der Waals surface area contributed by atoms with Gasteiger partial charge in [0, 0.05) is 0 Å². The highest BCUT2D eigenvalue weighted by Crippen LogP contribution is 2.30. The normalized spacial score (nSPS) is 13.0. The van der Waals surface area contributed by atoms with Gasteiger partial charge in [-0.15, -0.1) is 0 Å². The van der Waals surface area contributed by atoms with Gasteiger partial charge >= 0.3 is 0 Å². The molecule has 0 spiro atoms. The van der Waals surface area contributed by atoms with Crippen molar-refractivity contribution in [3.8, 4) is 0 Å². The molecule has 120 valence electrons. The van der Waals surface area contributed by atoms with E-state index in [1.165, 1.54) is 0 Å². The molecule has 0 radical (unpaired) electrons. The summed E-state index contributed by atoms with van der Waals surface area (Å²) in [5.41, 5.74) is 1.73. The van der Waals surface area contributed by atoms with Crippen molar-refractivity contribution < 1.29 is 8.42 Å². The van der Waals surface area contributed by atoms with Crippen molar-refractivity contribution in [2.45, 2.75) is 10.1 Å². The van der Waals surface area contributed by atoms with E-state index in [1.807, 2.05) is 72.8 Å². The standard InChI is InChI=1S/C21H18O2S/c22-24(23,20-14-8-3-9-15-20)21(19-12-6-2-7-13-19)17-16-18-10-4-1-5-11-18/h1-17,21H/b17-16+/t21-/m0/s1. The van der Waals surface area contributed by atoms with E-state index in [4.69, 9.17) is 0 Å². The summed E-state index contributed by atoms with van der Waals surface area (Å²) in [6.45, 7) is 0. The maximum atomic E-state index is 13.1. The molecule has 0 aliphatic carbocycles. The van der Waals surface area contributed by atoms with Gasteiger partial charge in [0.1, 0.15) is 5.25 Å². The molecule has 0 heterocycles. The van der Waals surface area contributed by atoms with Gasteiger partial charge in [0.25, 0.3) is 0 Å². The molecule has 24 heavy (non-hydrogen) atoms. The van der Waals surface area contributed by atoms with Crippen LogP contribution in [0.2, 0.25) is 0 Å². The minimum absolute atomic E-state index is 0.330. The third kappa shape index (κ3) is 3.63. The maximum Gasteiger partial charge on any atom is 0.188 e. The highest BCUT2D eigenvalue weighted by molar-refractivity contribution is 7.91. The summed E-state index contributed by atoms with van der Waals surface area (Å²) in [7, 11) is -3.51. The van der Waals surface area contributed by atoms with Gasteiger partial charge in [-0.3, -0.25) is 0 Å². The second-order valence-corrected chi connectivity index (χ2v) is 7.53.